The van der Waals surface area contributed by atoms with Crippen molar-refractivity contribution in [1.29, 1.82) is 0 Å². The summed E-state index contributed by atoms with van der Waals surface area (Å²) in [6.07, 6.45) is 0. The van der Waals surface area contributed by atoms with E-state index in [1.807, 2.05) is 9.62 Å². The first-order valence-corrected chi connectivity index (χ1v) is 6.62. The van der Waals surface area contributed by atoms with Crippen LogP contribution in [0.1, 0.15) is 9.78 Å². The largest absolute Gasteiger partial charge is 0.379 e. The van der Waals surface area contributed by atoms with Gasteiger partial charge >= 0.3 is 10.2 Å². The number of morpholine rings is 1. The molecule has 1 amide bonds. The normalized spacial score (nSPS) is 18.3. The summed E-state index contributed by atoms with van der Waals surface area (Å²) in [5.41, 5.74) is 0. The molecule has 1 aliphatic heterocycles. The van der Waals surface area contributed by atoms with Crippen LogP contribution in [0.15, 0.2) is 0 Å². The van der Waals surface area contributed by atoms with Crippen LogP contribution in [0.25, 0.3) is 0 Å². The molecule has 0 bridgehead atoms. The number of amides is 1. The first kappa shape index (κ1) is 13.4. The Morgan fingerprint density at radius 3 is 2.62 bits per heavy atom. The number of hydrogen-bond acceptors (Lipinski definition) is 5. The summed E-state index contributed by atoms with van der Waals surface area (Å²) in [5, 5.41) is 0. The van der Waals surface area contributed by atoms with Crippen LogP contribution in [-0.2, 0) is 19.7 Å². The van der Waals surface area contributed by atoms with E-state index < -0.39 is 16.1 Å². The second-order valence-corrected chi connectivity index (χ2v) is 4.91. The van der Waals surface area contributed by atoms with E-state index in [-0.39, 0.29) is 15.9 Å². The van der Waals surface area contributed by atoms with Gasteiger partial charge in [0.25, 0.3) is 0 Å². The maximum absolute atomic E-state index is 11.4. The SMILES string of the molecule is CCNS(=O)(=O)NC(=O)CN1CCOCC1.[HH].[HH]. The third-order valence-corrected chi connectivity index (χ3v) is 3.22. The zero-order valence-electron chi connectivity index (χ0n) is 9.23. The van der Waals surface area contributed by atoms with E-state index in [0.29, 0.717) is 26.3 Å². The molecule has 0 radical (unpaired) electrons. The highest BCUT2D eigenvalue weighted by Gasteiger charge is 2.17. The summed E-state index contributed by atoms with van der Waals surface area (Å²) in [5.74, 6) is -0.525. The second kappa shape index (κ2) is 6.14. The van der Waals surface area contributed by atoms with Crippen LogP contribution in [-0.4, -0.2) is 58.6 Å². The first-order chi connectivity index (χ1) is 7.53. The summed E-state index contributed by atoms with van der Waals surface area (Å²) in [7, 11) is -3.69. The van der Waals surface area contributed by atoms with Crippen molar-refractivity contribution in [1.82, 2.24) is 14.3 Å². The van der Waals surface area contributed by atoms with Crippen molar-refractivity contribution in [2.45, 2.75) is 6.92 Å². The number of carbonyl (C=O) groups is 1. The molecule has 1 rings (SSSR count). The lowest BCUT2D eigenvalue weighted by atomic mass is 10.4. The zero-order valence-corrected chi connectivity index (χ0v) is 10.0. The molecule has 7 nitrogen and oxygen atoms in total. The average molecular weight is 255 g/mol. The maximum atomic E-state index is 11.4. The molecule has 0 spiro atoms. The standard InChI is InChI=1S/C8H17N3O4S.2H2/c1-2-9-16(13,14)10-8(12)7-11-3-5-15-6-4-11;;/h9H,2-7H2,1H3,(H,10,12);2*1H. The molecule has 16 heavy (non-hydrogen) atoms. The minimum atomic E-state index is -3.69. The van der Waals surface area contributed by atoms with E-state index >= 15 is 0 Å². The monoisotopic (exact) mass is 255 g/mol. The summed E-state index contributed by atoms with van der Waals surface area (Å²) in [6, 6.07) is 0. The minimum Gasteiger partial charge on any atom is -0.379 e. The predicted octanol–water partition coefficient (Wildman–Crippen LogP) is -1.22. The van der Waals surface area contributed by atoms with E-state index in [0.717, 1.165) is 0 Å². The van der Waals surface area contributed by atoms with Gasteiger partial charge in [-0.15, -0.1) is 0 Å². The van der Waals surface area contributed by atoms with Crippen molar-refractivity contribution in [3.05, 3.63) is 0 Å². The minimum absolute atomic E-state index is 0. The number of ether oxygens (including phenoxy) is 1. The predicted molar refractivity (Wildman–Crippen MR) is 62.2 cm³/mol. The Balaban J connectivity index is 0. The lowest BCUT2D eigenvalue weighted by Crippen LogP contribution is -2.47. The van der Waals surface area contributed by atoms with Crippen LogP contribution < -0.4 is 9.44 Å². The Labute approximate surface area is 98.3 Å². The highest BCUT2D eigenvalue weighted by molar-refractivity contribution is 7.88. The van der Waals surface area contributed by atoms with Crippen molar-refractivity contribution in [3.63, 3.8) is 0 Å². The topological polar surface area (TPSA) is 87.7 Å². The molecule has 98 valence electrons. The van der Waals surface area contributed by atoms with Crippen LogP contribution in [0.2, 0.25) is 0 Å². The molecule has 1 heterocycles. The van der Waals surface area contributed by atoms with Gasteiger partial charge in [0.05, 0.1) is 19.8 Å². The van der Waals surface area contributed by atoms with Crippen molar-refractivity contribution < 1.29 is 20.8 Å². The van der Waals surface area contributed by atoms with E-state index in [9.17, 15) is 13.2 Å². The number of rotatable bonds is 5. The fraction of sp³-hybridized carbons (Fsp3) is 0.875. The smallest absolute Gasteiger partial charge is 0.301 e. The summed E-state index contributed by atoms with van der Waals surface area (Å²) >= 11 is 0. The molecule has 0 unspecified atom stereocenters. The quantitative estimate of drug-likeness (QED) is 0.643. The first-order valence-electron chi connectivity index (χ1n) is 5.14. The molecule has 0 aromatic carbocycles. The average Bonchev–Trinajstić information content (AvgIpc) is 2.17. The Morgan fingerprint density at radius 2 is 2.06 bits per heavy atom. The summed E-state index contributed by atoms with van der Waals surface area (Å²) in [4.78, 5) is 13.2. The Kier molecular flexibility index (Phi) is 5.13. The zero-order chi connectivity index (χ0) is 12.0. The van der Waals surface area contributed by atoms with Crippen molar-refractivity contribution in [2.75, 3.05) is 39.4 Å². The molecular weight excluding hydrogens is 234 g/mol. The van der Waals surface area contributed by atoms with Gasteiger partial charge in [-0.3, -0.25) is 9.69 Å². The van der Waals surface area contributed by atoms with E-state index in [2.05, 4.69) is 4.72 Å². The van der Waals surface area contributed by atoms with Gasteiger partial charge < -0.3 is 4.74 Å². The van der Waals surface area contributed by atoms with Crippen LogP contribution in [0.4, 0.5) is 0 Å². The molecule has 2 N–H and O–H groups in total. The second-order valence-electron chi connectivity index (χ2n) is 3.42. The highest BCUT2D eigenvalue weighted by Crippen LogP contribution is 1.95. The molecule has 0 aliphatic carbocycles. The maximum Gasteiger partial charge on any atom is 0.301 e. The van der Waals surface area contributed by atoms with E-state index in [1.54, 1.807) is 6.92 Å². The molecule has 0 atom stereocenters. The number of hydrogen-bond donors (Lipinski definition) is 2. The van der Waals surface area contributed by atoms with Crippen LogP contribution >= 0.6 is 0 Å². The fourth-order valence-electron chi connectivity index (χ4n) is 1.37. The van der Waals surface area contributed by atoms with Gasteiger partial charge in [-0.05, 0) is 0 Å². The lowest BCUT2D eigenvalue weighted by Gasteiger charge is -2.25. The highest BCUT2D eigenvalue weighted by atomic mass is 32.2. The van der Waals surface area contributed by atoms with Gasteiger partial charge in [0.1, 0.15) is 0 Å². The molecule has 0 aromatic rings. The third kappa shape index (κ3) is 4.88. The van der Waals surface area contributed by atoms with Crippen molar-refractivity contribution >= 4 is 16.1 Å². The fourth-order valence-corrected chi connectivity index (χ4v) is 2.19. The van der Waals surface area contributed by atoms with Crippen LogP contribution in [0, 0.1) is 0 Å². The molecular formula is C8H21N3O4S. The van der Waals surface area contributed by atoms with E-state index in [1.165, 1.54) is 0 Å². The van der Waals surface area contributed by atoms with Crippen LogP contribution in [0.3, 0.4) is 0 Å². The van der Waals surface area contributed by atoms with Gasteiger partial charge in [-0.1, -0.05) is 6.92 Å². The third-order valence-electron chi connectivity index (χ3n) is 2.05. The van der Waals surface area contributed by atoms with Crippen molar-refractivity contribution in [2.24, 2.45) is 0 Å². The number of nitrogens with one attached hydrogen (secondary N) is 2. The van der Waals surface area contributed by atoms with Gasteiger partial charge in [-0.2, -0.15) is 13.1 Å². The van der Waals surface area contributed by atoms with Gasteiger partial charge in [0, 0.05) is 22.5 Å². The molecule has 1 aliphatic rings. The van der Waals surface area contributed by atoms with Gasteiger partial charge in [0.2, 0.25) is 5.91 Å². The van der Waals surface area contributed by atoms with Gasteiger partial charge in [-0.25, -0.2) is 4.72 Å². The molecule has 8 heteroatoms. The Morgan fingerprint density at radius 1 is 1.44 bits per heavy atom. The number of carbonyl (C=O) groups excluding carboxylic acids is 1. The summed E-state index contributed by atoms with van der Waals surface area (Å²) in [6.45, 7) is 4.42. The Hall–Kier alpha value is -0.700. The molecule has 0 aromatic heterocycles. The number of nitrogens with zero attached hydrogens (tertiary/aromatic N) is 1. The van der Waals surface area contributed by atoms with Gasteiger partial charge in [0.15, 0.2) is 0 Å². The molecule has 1 fully saturated rings. The van der Waals surface area contributed by atoms with Crippen LogP contribution in [0.5, 0.6) is 0 Å². The Bertz CT molecular complexity index is 333. The van der Waals surface area contributed by atoms with Crippen molar-refractivity contribution in [3.8, 4) is 0 Å². The molecule has 0 saturated carbocycles. The molecule has 1 saturated heterocycles. The lowest BCUT2D eigenvalue weighted by molar-refractivity contribution is -0.121. The summed E-state index contributed by atoms with van der Waals surface area (Å²) < 4.78 is 31.6. The van der Waals surface area contributed by atoms with E-state index in [4.69, 9.17) is 4.74 Å².